The van der Waals surface area contributed by atoms with Crippen molar-refractivity contribution in [3.63, 3.8) is 0 Å². The highest BCUT2D eigenvalue weighted by Crippen LogP contribution is 2.29. The molecule has 0 fully saturated rings. The highest BCUT2D eigenvalue weighted by Gasteiger charge is 2.18. The lowest BCUT2D eigenvalue weighted by Crippen LogP contribution is -2.30. The quantitative estimate of drug-likeness (QED) is 0.429. The van der Waals surface area contributed by atoms with E-state index in [2.05, 4.69) is 46.9 Å². The van der Waals surface area contributed by atoms with Gasteiger partial charge in [-0.15, -0.1) is 11.3 Å². The van der Waals surface area contributed by atoms with E-state index < -0.39 is 16.1 Å². The monoisotopic (exact) mass is 559 g/mol. The van der Waals surface area contributed by atoms with Crippen LogP contribution in [0.25, 0.3) is 0 Å². The first kappa shape index (κ1) is 21.8. The van der Waals surface area contributed by atoms with Crippen LogP contribution in [0.3, 0.4) is 0 Å². The molecule has 1 atom stereocenters. The average molecular weight is 561 g/mol. The van der Waals surface area contributed by atoms with Crippen molar-refractivity contribution in [1.29, 1.82) is 0 Å². The number of halogens is 2. The summed E-state index contributed by atoms with van der Waals surface area (Å²) in [6.07, 6.45) is 0.749. The number of nitrogens with one attached hydrogen (secondary N) is 2. The number of rotatable bonds is 7. The number of carbonyl (C=O) groups excluding carboxylic acids is 1. The average Bonchev–Trinajstić information content (AvgIpc) is 3.16. The van der Waals surface area contributed by atoms with Crippen LogP contribution in [0.15, 0.2) is 67.9 Å². The number of nitrogens with zero attached hydrogens (tertiary/aromatic N) is 1. The molecule has 152 valence electrons. The number of anilines is 2. The molecule has 7 nitrogen and oxygen atoms in total. The third-order valence-corrected chi connectivity index (χ3v) is 6.94. The molecular weight excluding hydrogens is 546 g/mol. The van der Waals surface area contributed by atoms with Gasteiger partial charge in [-0.25, -0.2) is 13.4 Å². The predicted octanol–water partition coefficient (Wildman–Crippen LogP) is 4.87. The van der Waals surface area contributed by atoms with E-state index >= 15 is 0 Å². The molecule has 2 N–H and O–H groups in total. The van der Waals surface area contributed by atoms with Crippen LogP contribution in [-0.4, -0.2) is 25.4 Å². The lowest BCUT2D eigenvalue weighted by atomic mass is 10.3. The van der Waals surface area contributed by atoms with E-state index in [1.807, 2.05) is 12.1 Å². The summed E-state index contributed by atoms with van der Waals surface area (Å²) >= 11 is 7.93. The number of thiazole rings is 1. The summed E-state index contributed by atoms with van der Waals surface area (Å²) in [5.74, 6) is 0.168. The second-order valence-electron chi connectivity index (χ2n) is 5.79. The highest BCUT2D eigenvalue weighted by atomic mass is 79.9. The maximum atomic E-state index is 12.4. The molecule has 0 saturated heterocycles. The number of amides is 1. The Hall–Kier alpha value is -1.95. The van der Waals surface area contributed by atoms with E-state index in [-0.39, 0.29) is 15.9 Å². The molecule has 3 aromatic rings. The van der Waals surface area contributed by atoms with Gasteiger partial charge in [0.1, 0.15) is 5.75 Å². The van der Waals surface area contributed by atoms with Gasteiger partial charge >= 0.3 is 0 Å². The second kappa shape index (κ2) is 9.24. The van der Waals surface area contributed by atoms with Gasteiger partial charge in [0.15, 0.2) is 11.2 Å². The molecule has 3 rings (SSSR count). The zero-order valence-electron chi connectivity index (χ0n) is 14.9. The van der Waals surface area contributed by atoms with Crippen molar-refractivity contribution in [2.24, 2.45) is 0 Å². The molecule has 1 amide bonds. The van der Waals surface area contributed by atoms with Gasteiger partial charge in [-0.1, -0.05) is 15.9 Å². The van der Waals surface area contributed by atoms with Gasteiger partial charge in [0, 0.05) is 21.7 Å². The minimum atomic E-state index is -3.74. The Morgan fingerprint density at radius 3 is 2.52 bits per heavy atom. The molecule has 2 aromatic carbocycles. The van der Waals surface area contributed by atoms with Crippen LogP contribution in [0.2, 0.25) is 0 Å². The van der Waals surface area contributed by atoms with Gasteiger partial charge in [-0.05, 0) is 65.3 Å². The molecule has 11 heteroatoms. The Labute approximate surface area is 188 Å². The molecule has 1 aromatic heterocycles. The number of ether oxygens (including phenoxy) is 1. The Balaban J connectivity index is 1.63. The van der Waals surface area contributed by atoms with Crippen molar-refractivity contribution in [1.82, 2.24) is 4.98 Å². The topological polar surface area (TPSA) is 97.4 Å². The van der Waals surface area contributed by atoms with Crippen LogP contribution in [-0.2, 0) is 14.8 Å². The summed E-state index contributed by atoms with van der Waals surface area (Å²) in [5, 5.41) is 4.66. The Morgan fingerprint density at radius 2 is 1.90 bits per heavy atom. The van der Waals surface area contributed by atoms with Gasteiger partial charge < -0.3 is 10.1 Å². The normalized spacial score (nSPS) is 12.2. The number of aromatic nitrogens is 1. The van der Waals surface area contributed by atoms with Crippen LogP contribution in [0.1, 0.15) is 6.92 Å². The summed E-state index contributed by atoms with van der Waals surface area (Å²) < 4.78 is 34.4. The van der Waals surface area contributed by atoms with Crippen molar-refractivity contribution in [2.45, 2.75) is 17.9 Å². The predicted molar refractivity (Wildman–Crippen MR) is 120 cm³/mol. The number of carbonyl (C=O) groups is 1. The molecule has 1 heterocycles. The Bertz CT molecular complexity index is 1100. The lowest BCUT2D eigenvalue weighted by molar-refractivity contribution is -0.122. The number of hydrogen-bond acceptors (Lipinski definition) is 6. The summed E-state index contributed by atoms with van der Waals surface area (Å²) in [4.78, 5) is 16.4. The van der Waals surface area contributed by atoms with E-state index in [9.17, 15) is 13.2 Å². The zero-order valence-corrected chi connectivity index (χ0v) is 19.7. The maximum Gasteiger partial charge on any atom is 0.265 e. The fraction of sp³-hybridized carbons (Fsp3) is 0.111. The van der Waals surface area contributed by atoms with Crippen molar-refractivity contribution in [3.05, 3.63) is 63.0 Å². The first-order chi connectivity index (χ1) is 13.7. The summed E-state index contributed by atoms with van der Waals surface area (Å²) in [5.41, 5.74) is 0.452. The van der Waals surface area contributed by atoms with E-state index in [4.69, 9.17) is 4.74 Å². The van der Waals surface area contributed by atoms with Gasteiger partial charge in [0.2, 0.25) is 0 Å². The maximum absolute atomic E-state index is 12.4. The van der Waals surface area contributed by atoms with Gasteiger partial charge in [0.25, 0.3) is 15.9 Å². The largest absolute Gasteiger partial charge is 0.480 e. The molecular formula is C18H15Br2N3O4S2. The van der Waals surface area contributed by atoms with Crippen molar-refractivity contribution in [2.75, 3.05) is 10.0 Å². The molecule has 0 spiro atoms. The molecule has 1 unspecified atom stereocenters. The van der Waals surface area contributed by atoms with E-state index in [0.717, 1.165) is 4.47 Å². The second-order valence-corrected chi connectivity index (χ2v) is 10.1. The third kappa shape index (κ3) is 5.78. The van der Waals surface area contributed by atoms with Crippen LogP contribution in [0.4, 0.5) is 10.8 Å². The summed E-state index contributed by atoms with van der Waals surface area (Å²) in [7, 11) is -3.74. The molecule has 0 aliphatic rings. The molecule has 0 radical (unpaired) electrons. The third-order valence-electron chi connectivity index (χ3n) is 3.65. The van der Waals surface area contributed by atoms with Gasteiger partial charge in [-0.2, -0.15) is 0 Å². The number of hydrogen-bond donors (Lipinski definition) is 2. The SMILES string of the molecule is CC(Oc1ccc(Br)cc1Br)C(=O)Nc1ccc(S(=O)(=O)Nc2nccs2)cc1. The lowest BCUT2D eigenvalue weighted by Gasteiger charge is -2.16. The fourth-order valence-corrected chi connectivity index (χ4v) is 5.15. The fourth-order valence-electron chi connectivity index (χ4n) is 2.22. The number of sulfonamides is 1. The standard InChI is InChI=1S/C18H15Br2N3O4S2/c1-11(27-16-7-2-12(19)10-15(16)20)17(24)22-13-3-5-14(6-4-13)29(25,26)23-18-21-8-9-28-18/h2-11H,1H3,(H,21,23)(H,22,24). The molecule has 0 bridgehead atoms. The van der Waals surface area contributed by atoms with Gasteiger partial charge in [0.05, 0.1) is 9.37 Å². The zero-order chi connectivity index (χ0) is 21.0. The molecule has 0 saturated carbocycles. The van der Waals surface area contributed by atoms with Crippen LogP contribution < -0.4 is 14.8 Å². The van der Waals surface area contributed by atoms with Crippen LogP contribution >= 0.6 is 43.2 Å². The van der Waals surface area contributed by atoms with E-state index in [1.165, 1.54) is 41.8 Å². The van der Waals surface area contributed by atoms with Gasteiger partial charge in [-0.3, -0.25) is 9.52 Å². The van der Waals surface area contributed by atoms with E-state index in [0.29, 0.717) is 15.9 Å². The Morgan fingerprint density at radius 1 is 1.17 bits per heavy atom. The highest BCUT2D eigenvalue weighted by molar-refractivity contribution is 9.11. The summed E-state index contributed by atoms with van der Waals surface area (Å²) in [6, 6.07) is 11.2. The van der Waals surface area contributed by atoms with Crippen LogP contribution in [0, 0.1) is 0 Å². The van der Waals surface area contributed by atoms with Crippen molar-refractivity contribution in [3.8, 4) is 5.75 Å². The smallest absolute Gasteiger partial charge is 0.265 e. The van der Waals surface area contributed by atoms with E-state index in [1.54, 1.807) is 18.4 Å². The first-order valence-electron chi connectivity index (χ1n) is 8.19. The molecule has 29 heavy (non-hydrogen) atoms. The van der Waals surface area contributed by atoms with Crippen molar-refractivity contribution < 1.29 is 17.9 Å². The number of benzene rings is 2. The minimum absolute atomic E-state index is 0.0637. The molecule has 0 aliphatic carbocycles. The van der Waals surface area contributed by atoms with Crippen molar-refractivity contribution >= 4 is 69.9 Å². The summed E-state index contributed by atoms with van der Waals surface area (Å²) in [6.45, 7) is 1.63. The molecule has 0 aliphatic heterocycles. The first-order valence-corrected chi connectivity index (χ1v) is 12.1. The van der Waals surface area contributed by atoms with Crippen LogP contribution in [0.5, 0.6) is 5.75 Å². The minimum Gasteiger partial charge on any atom is -0.480 e. The Kier molecular flexibility index (Phi) is 6.93.